The van der Waals surface area contributed by atoms with Crippen molar-refractivity contribution in [2.75, 3.05) is 20.1 Å². The molecule has 2 heterocycles. The molecule has 0 aliphatic carbocycles. The highest BCUT2D eigenvalue weighted by molar-refractivity contribution is 6.30. The maximum absolute atomic E-state index is 12.5. The molecule has 1 aromatic heterocycles. The summed E-state index contributed by atoms with van der Waals surface area (Å²) in [5, 5.41) is 12.2. The molecule has 1 aromatic carbocycles. The molecule has 1 aliphatic heterocycles. The van der Waals surface area contributed by atoms with E-state index in [9.17, 15) is 4.79 Å². The van der Waals surface area contributed by atoms with Crippen LogP contribution in [0.3, 0.4) is 0 Å². The predicted molar refractivity (Wildman–Crippen MR) is 88.4 cm³/mol. The highest BCUT2D eigenvalue weighted by atomic mass is 35.5. The van der Waals surface area contributed by atoms with E-state index in [1.807, 2.05) is 28.9 Å². The number of hydrogen-bond donors (Lipinski definition) is 1. The van der Waals surface area contributed by atoms with Gasteiger partial charge in [0.1, 0.15) is 0 Å². The van der Waals surface area contributed by atoms with Crippen LogP contribution in [0.15, 0.2) is 30.5 Å². The fourth-order valence-electron chi connectivity index (χ4n) is 2.76. The number of aromatic nitrogens is 3. The summed E-state index contributed by atoms with van der Waals surface area (Å²) in [5.74, 6) is -0.125. The van der Waals surface area contributed by atoms with Crippen molar-refractivity contribution in [2.24, 2.45) is 0 Å². The normalized spacial score (nSPS) is 15.6. The molecule has 6 nitrogen and oxygen atoms in total. The van der Waals surface area contributed by atoms with E-state index in [0.717, 1.165) is 31.5 Å². The van der Waals surface area contributed by atoms with E-state index in [-0.39, 0.29) is 5.91 Å². The molecule has 1 aliphatic rings. The number of halogens is 1. The van der Waals surface area contributed by atoms with Crippen molar-refractivity contribution in [3.63, 3.8) is 0 Å². The fourth-order valence-corrected chi connectivity index (χ4v) is 2.88. The van der Waals surface area contributed by atoms with E-state index in [2.05, 4.69) is 15.6 Å². The number of hydrogen-bond acceptors (Lipinski definition) is 4. The number of nitrogens with zero attached hydrogens (tertiary/aromatic N) is 4. The summed E-state index contributed by atoms with van der Waals surface area (Å²) in [4.78, 5) is 14.1. The quantitative estimate of drug-likeness (QED) is 0.931. The molecular weight excluding hydrogens is 314 g/mol. The number of carbonyl (C=O) groups is 1. The molecule has 0 atom stereocenters. The number of benzene rings is 1. The van der Waals surface area contributed by atoms with Gasteiger partial charge in [-0.05, 0) is 43.6 Å². The molecule has 0 bridgehead atoms. The van der Waals surface area contributed by atoms with E-state index >= 15 is 0 Å². The fraction of sp³-hybridized carbons (Fsp3) is 0.438. The highest BCUT2D eigenvalue weighted by Gasteiger charge is 2.20. The molecule has 0 radical (unpaired) electrons. The van der Waals surface area contributed by atoms with Crippen molar-refractivity contribution >= 4 is 17.5 Å². The molecule has 0 spiro atoms. The number of carbonyl (C=O) groups excluding carboxylic acids is 1. The van der Waals surface area contributed by atoms with Crippen LogP contribution >= 0.6 is 11.6 Å². The Balaban J connectivity index is 1.65. The van der Waals surface area contributed by atoms with Crippen LogP contribution in [-0.4, -0.2) is 45.9 Å². The number of piperidine rings is 1. The summed E-state index contributed by atoms with van der Waals surface area (Å²) in [7, 11) is 1.76. The molecule has 0 unspecified atom stereocenters. The van der Waals surface area contributed by atoms with Crippen LogP contribution in [0.4, 0.5) is 0 Å². The lowest BCUT2D eigenvalue weighted by Crippen LogP contribution is -2.29. The van der Waals surface area contributed by atoms with E-state index in [0.29, 0.717) is 23.3 Å². The minimum atomic E-state index is -0.125. The van der Waals surface area contributed by atoms with E-state index < -0.39 is 0 Å². The Morgan fingerprint density at radius 1 is 1.35 bits per heavy atom. The molecule has 0 saturated carbocycles. The molecule has 3 rings (SSSR count). The summed E-state index contributed by atoms with van der Waals surface area (Å²) in [5.41, 5.74) is 1.41. The van der Waals surface area contributed by atoms with Crippen LogP contribution < -0.4 is 5.32 Å². The standard InChI is InChI=1S/C16H20ClN5O/c1-21(10-12-2-4-13(17)5-3-12)16(23)15-11-22(20-19-15)14-6-8-18-9-7-14/h2-5,11,14,18H,6-10H2,1H3. The predicted octanol–water partition coefficient (Wildman–Crippen LogP) is 2.13. The van der Waals surface area contributed by atoms with Crippen molar-refractivity contribution in [3.05, 3.63) is 46.7 Å². The van der Waals surface area contributed by atoms with Crippen LogP contribution in [0.25, 0.3) is 0 Å². The van der Waals surface area contributed by atoms with Gasteiger partial charge in [0.2, 0.25) is 0 Å². The van der Waals surface area contributed by atoms with Crippen LogP contribution in [0, 0.1) is 0 Å². The number of amides is 1. The molecule has 23 heavy (non-hydrogen) atoms. The molecule has 122 valence electrons. The Kier molecular flexibility index (Phi) is 4.93. The maximum atomic E-state index is 12.5. The highest BCUT2D eigenvalue weighted by Crippen LogP contribution is 2.18. The minimum absolute atomic E-state index is 0.125. The van der Waals surface area contributed by atoms with Gasteiger partial charge < -0.3 is 10.2 Å². The molecule has 2 aromatic rings. The minimum Gasteiger partial charge on any atom is -0.336 e. The largest absolute Gasteiger partial charge is 0.336 e. The Hall–Kier alpha value is -1.92. The zero-order valence-electron chi connectivity index (χ0n) is 13.1. The first-order valence-electron chi connectivity index (χ1n) is 7.76. The molecule has 1 fully saturated rings. The van der Waals surface area contributed by atoms with Gasteiger partial charge in [-0.15, -0.1) is 5.10 Å². The SMILES string of the molecule is CN(Cc1ccc(Cl)cc1)C(=O)c1cn(C2CCNCC2)nn1. The van der Waals surface area contributed by atoms with Gasteiger partial charge in [0.15, 0.2) is 5.69 Å². The summed E-state index contributed by atoms with van der Waals surface area (Å²) in [6, 6.07) is 7.80. The van der Waals surface area contributed by atoms with Gasteiger partial charge in [0.05, 0.1) is 12.2 Å². The zero-order valence-corrected chi connectivity index (χ0v) is 13.8. The summed E-state index contributed by atoms with van der Waals surface area (Å²) < 4.78 is 1.82. The first-order valence-corrected chi connectivity index (χ1v) is 8.14. The molecule has 1 saturated heterocycles. The topological polar surface area (TPSA) is 63.1 Å². The third kappa shape index (κ3) is 3.89. The van der Waals surface area contributed by atoms with Crippen LogP contribution in [0.5, 0.6) is 0 Å². The molecule has 1 N–H and O–H groups in total. The number of nitrogens with one attached hydrogen (secondary N) is 1. The van der Waals surface area contributed by atoms with Gasteiger partial charge >= 0.3 is 0 Å². The van der Waals surface area contributed by atoms with Crippen molar-refractivity contribution in [3.8, 4) is 0 Å². The second-order valence-corrected chi connectivity index (χ2v) is 6.29. The summed E-state index contributed by atoms with van der Waals surface area (Å²) in [6.45, 7) is 2.46. The second-order valence-electron chi connectivity index (χ2n) is 5.85. The average molecular weight is 334 g/mol. The smallest absolute Gasteiger partial charge is 0.276 e. The number of rotatable bonds is 4. The van der Waals surface area contributed by atoms with Gasteiger partial charge in [-0.3, -0.25) is 4.79 Å². The van der Waals surface area contributed by atoms with Gasteiger partial charge in [0, 0.05) is 18.6 Å². The van der Waals surface area contributed by atoms with Crippen LogP contribution in [0.1, 0.15) is 34.9 Å². The average Bonchev–Trinajstić information content (AvgIpc) is 3.07. The second kappa shape index (κ2) is 7.10. The van der Waals surface area contributed by atoms with Crippen molar-refractivity contribution < 1.29 is 4.79 Å². The first kappa shape index (κ1) is 16.0. The summed E-state index contributed by atoms with van der Waals surface area (Å²) in [6.07, 6.45) is 3.78. The van der Waals surface area contributed by atoms with Crippen molar-refractivity contribution in [2.45, 2.75) is 25.4 Å². The maximum Gasteiger partial charge on any atom is 0.276 e. The van der Waals surface area contributed by atoms with E-state index in [1.54, 1.807) is 18.1 Å². The monoisotopic (exact) mass is 333 g/mol. The van der Waals surface area contributed by atoms with Gasteiger partial charge in [-0.1, -0.05) is 28.9 Å². The lowest BCUT2D eigenvalue weighted by atomic mass is 10.1. The third-order valence-corrected chi connectivity index (χ3v) is 4.34. The lowest BCUT2D eigenvalue weighted by molar-refractivity contribution is 0.0779. The molecule has 1 amide bonds. The lowest BCUT2D eigenvalue weighted by Gasteiger charge is -2.22. The van der Waals surface area contributed by atoms with Gasteiger partial charge in [-0.25, -0.2) is 4.68 Å². The van der Waals surface area contributed by atoms with E-state index in [4.69, 9.17) is 11.6 Å². The summed E-state index contributed by atoms with van der Waals surface area (Å²) >= 11 is 5.88. The van der Waals surface area contributed by atoms with Crippen molar-refractivity contribution in [1.29, 1.82) is 0 Å². The first-order chi connectivity index (χ1) is 11.1. The van der Waals surface area contributed by atoms with Crippen LogP contribution in [0.2, 0.25) is 5.02 Å². The molecule has 7 heteroatoms. The Bertz CT molecular complexity index is 663. The van der Waals surface area contributed by atoms with E-state index in [1.165, 1.54) is 0 Å². The Morgan fingerprint density at radius 3 is 2.74 bits per heavy atom. The Morgan fingerprint density at radius 2 is 2.04 bits per heavy atom. The molecular formula is C16H20ClN5O. The van der Waals surface area contributed by atoms with Gasteiger partial charge in [0.25, 0.3) is 5.91 Å². The zero-order chi connectivity index (χ0) is 16.2. The van der Waals surface area contributed by atoms with Crippen molar-refractivity contribution in [1.82, 2.24) is 25.2 Å². The van der Waals surface area contributed by atoms with Crippen LogP contribution in [-0.2, 0) is 6.54 Å². The Labute approximate surface area is 140 Å². The van der Waals surface area contributed by atoms with Gasteiger partial charge in [-0.2, -0.15) is 0 Å². The third-order valence-electron chi connectivity index (χ3n) is 4.09.